The van der Waals surface area contributed by atoms with Crippen LogP contribution in [0.2, 0.25) is 0 Å². The van der Waals surface area contributed by atoms with Gasteiger partial charge in [-0.15, -0.1) is 0 Å². The Morgan fingerprint density at radius 2 is 1.92 bits per heavy atom. The molecule has 0 bridgehead atoms. The lowest BCUT2D eigenvalue weighted by molar-refractivity contribution is -0.193. The molecule has 0 aromatic rings. The van der Waals surface area contributed by atoms with E-state index in [1.807, 2.05) is 0 Å². The Kier molecular flexibility index (Phi) is 4.50. The highest BCUT2D eigenvalue weighted by atomic mass is 16.7. The minimum Gasteiger partial charge on any atom is -0.481 e. The first-order valence-corrected chi connectivity index (χ1v) is 3.66. The van der Waals surface area contributed by atoms with Crippen LogP contribution < -0.4 is 0 Å². The Morgan fingerprint density at radius 1 is 1.38 bits per heavy atom. The number of rotatable bonds is 3. The van der Waals surface area contributed by atoms with Crippen molar-refractivity contribution in [3.8, 4) is 0 Å². The lowest BCUT2D eigenvalue weighted by Gasteiger charge is -2.14. The van der Waals surface area contributed by atoms with Crippen molar-refractivity contribution in [3.63, 3.8) is 0 Å². The van der Waals surface area contributed by atoms with Crippen molar-refractivity contribution < 1.29 is 24.3 Å². The minimum atomic E-state index is -1.29. The number of carbonyl (C=O) groups excluding carboxylic acids is 2. The first kappa shape index (κ1) is 11.4. The maximum atomic E-state index is 10.8. The van der Waals surface area contributed by atoms with Crippen molar-refractivity contribution in [1.82, 2.24) is 5.06 Å². The molecule has 0 unspecified atom stereocenters. The van der Waals surface area contributed by atoms with Crippen LogP contribution in [0.1, 0.15) is 19.8 Å². The zero-order valence-corrected chi connectivity index (χ0v) is 7.44. The fourth-order valence-corrected chi connectivity index (χ4v) is 0.582. The van der Waals surface area contributed by atoms with Crippen LogP contribution in [-0.2, 0) is 19.2 Å². The van der Waals surface area contributed by atoms with Gasteiger partial charge >= 0.3 is 11.9 Å². The van der Waals surface area contributed by atoms with Crippen LogP contribution in [0.15, 0.2) is 0 Å². The van der Waals surface area contributed by atoms with E-state index in [1.165, 1.54) is 7.05 Å². The van der Waals surface area contributed by atoms with Gasteiger partial charge in [0.05, 0.1) is 0 Å². The van der Waals surface area contributed by atoms with E-state index in [0.717, 1.165) is 5.06 Å². The largest absolute Gasteiger partial charge is 0.481 e. The monoisotopic (exact) mass is 189 g/mol. The lowest BCUT2D eigenvalue weighted by Crippen LogP contribution is -2.29. The van der Waals surface area contributed by atoms with E-state index in [1.54, 1.807) is 6.92 Å². The summed E-state index contributed by atoms with van der Waals surface area (Å²) in [6, 6.07) is 0. The summed E-state index contributed by atoms with van der Waals surface area (Å²) in [5, 5.41) is 8.92. The molecule has 1 N–H and O–H groups in total. The van der Waals surface area contributed by atoms with Crippen LogP contribution in [0, 0.1) is 0 Å². The summed E-state index contributed by atoms with van der Waals surface area (Å²) >= 11 is 0. The maximum absolute atomic E-state index is 10.8. The molecule has 0 aliphatic carbocycles. The summed E-state index contributed by atoms with van der Waals surface area (Å²) in [7, 11) is 1.26. The summed E-state index contributed by atoms with van der Waals surface area (Å²) in [5.41, 5.74) is 0. The second-order valence-electron chi connectivity index (χ2n) is 2.28. The predicted molar refractivity (Wildman–Crippen MR) is 41.4 cm³/mol. The molecule has 74 valence electrons. The number of amides is 1. The van der Waals surface area contributed by atoms with Gasteiger partial charge in [-0.05, 0) is 0 Å². The normalized spacial score (nSPS) is 9.08. The third-order valence-electron chi connectivity index (χ3n) is 1.19. The molecule has 0 radical (unpaired) electrons. The Balaban J connectivity index is 3.91. The van der Waals surface area contributed by atoms with Crippen molar-refractivity contribution in [2.75, 3.05) is 7.05 Å². The summed E-state index contributed by atoms with van der Waals surface area (Å²) in [4.78, 5) is 35.9. The van der Waals surface area contributed by atoms with Gasteiger partial charge in [0.2, 0.25) is 0 Å². The highest BCUT2D eigenvalue weighted by Crippen LogP contribution is 1.94. The number of carbonyl (C=O) groups is 3. The highest BCUT2D eigenvalue weighted by molar-refractivity contribution is 5.90. The van der Waals surface area contributed by atoms with Crippen LogP contribution in [0.25, 0.3) is 0 Å². The zero-order chi connectivity index (χ0) is 10.4. The standard InChI is InChI=1S/C7H11NO5/c1-3-5(9)8(2)13-7(12)4-6(10)11/h3-4H2,1-2H3,(H,10,11). The van der Waals surface area contributed by atoms with E-state index in [0.29, 0.717) is 0 Å². The van der Waals surface area contributed by atoms with E-state index in [-0.39, 0.29) is 6.42 Å². The molecule has 1 amide bonds. The van der Waals surface area contributed by atoms with Gasteiger partial charge in [-0.2, -0.15) is 5.06 Å². The van der Waals surface area contributed by atoms with Crippen molar-refractivity contribution in [2.45, 2.75) is 19.8 Å². The van der Waals surface area contributed by atoms with Crippen LogP contribution >= 0.6 is 0 Å². The summed E-state index contributed by atoms with van der Waals surface area (Å²) in [6.45, 7) is 1.60. The number of nitrogens with zero attached hydrogens (tertiary/aromatic N) is 1. The molecule has 13 heavy (non-hydrogen) atoms. The molecule has 0 saturated carbocycles. The molecule has 0 atom stereocenters. The predicted octanol–water partition coefficient (Wildman–Crippen LogP) is -0.212. The molecule has 0 aromatic carbocycles. The molecule has 0 fully saturated rings. The van der Waals surface area contributed by atoms with Crippen LogP contribution in [0.3, 0.4) is 0 Å². The molecule has 0 aromatic heterocycles. The molecule has 0 saturated heterocycles. The van der Waals surface area contributed by atoms with Gasteiger partial charge < -0.3 is 9.94 Å². The maximum Gasteiger partial charge on any atom is 0.343 e. The van der Waals surface area contributed by atoms with Gasteiger partial charge in [0.15, 0.2) is 0 Å². The van der Waals surface area contributed by atoms with Gasteiger partial charge in [-0.25, -0.2) is 4.79 Å². The van der Waals surface area contributed by atoms with Gasteiger partial charge in [-0.1, -0.05) is 6.92 Å². The van der Waals surface area contributed by atoms with Gasteiger partial charge in [0, 0.05) is 13.5 Å². The molecule has 0 aliphatic heterocycles. The summed E-state index contributed by atoms with van der Waals surface area (Å²) < 4.78 is 0. The fourth-order valence-electron chi connectivity index (χ4n) is 0.582. The zero-order valence-electron chi connectivity index (χ0n) is 7.44. The van der Waals surface area contributed by atoms with Crippen LogP contribution in [0.4, 0.5) is 0 Å². The first-order chi connectivity index (χ1) is 5.97. The number of hydrogen-bond donors (Lipinski definition) is 1. The topological polar surface area (TPSA) is 83.9 Å². The third kappa shape index (κ3) is 4.78. The summed E-state index contributed by atoms with van der Waals surface area (Å²) in [5.74, 6) is -2.64. The average Bonchev–Trinajstić information content (AvgIpc) is 2.01. The van der Waals surface area contributed by atoms with Crippen molar-refractivity contribution in [2.24, 2.45) is 0 Å². The Labute approximate surface area is 75.0 Å². The average molecular weight is 189 g/mol. The molecular weight excluding hydrogens is 178 g/mol. The van der Waals surface area contributed by atoms with E-state index in [4.69, 9.17) is 5.11 Å². The van der Waals surface area contributed by atoms with Crippen LogP contribution in [0.5, 0.6) is 0 Å². The first-order valence-electron chi connectivity index (χ1n) is 3.66. The van der Waals surface area contributed by atoms with Gasteiger partial charge in [-0.3, -0.25) is 9.59 Å². The number of hydroxylamine groups is 2. The molecule has 0 heterocycles. The van der Waals surface area contributed by atoms with E-state index >= 15 is 0 Å². The molecule has 0 rings (SSSR count). The Hall–Kier alpha value is -1.59. The molecule has 6 heteroatoms. The van der Waals surface area contributed by atoms with Crippen molar-refractivity contribution in [3.05, 3.63) is 0 Å². The number of carboxylic acid groups (broad SMARTS) is 1. The van der Waals surface area contributed by atoms with Crippen molar-refractivity contribution in [1.29, 1.82) is 0 Å². The number of carboxylic acids is 1. The van der Waals surface area contributed by atoms with E-state index < -0.39 is 24.3 Å². The lowest BCUT2D eigenvalue weighted by atomic mass is 10.4. The second kappa shape index (κ2) is 5.13. The Bertz CT molecular complexity index is 225. The number of aliphatic carboxylic acids is 1. The molecular formula is C7H11NO5. The van der Waals surface area contributed by atoms with E-state index in [9.17, 15) is 14.4 Å². The minimum absolute atomic E-state index is 0.191. The third-order valence-corrected chi connectivity index (χ3v) is 1.19. The van der Waals surface area contributed by atoms with E-state index in [2.05, 4.69) is 4.84 Å². The fraction of sp³-hybridized carbons (Fsp3) is 0.571. The highest BCUT2D eigenvalue weighted by Gasteiger charge is 2.14. The van der Waals surface area contributed by atoms with Gasteiger partial charge in [0.25, 0.3) is 5.91 Å². The van der Waals surface area contributed by atoms with Gasteiger partial charge in [0.1, 0.15) is 6.42 Å². The Morgan fingerprint density at radius 3 is 2.31 bits per heavy atom. The smallest absolute Gasteiger partial charge is 0.343 e. The summed E-state index contributed by atoms with van der Waals surface area (Å²) in [6.07, 6.45) is -0.557. The SMILES string of the molecule is CCC(=O)N(C)OC(=O)CC(=O)O. The van der Waals surface area contributed by atoms with Crippen molar-refractivity contribution >= 4 is 17.8 Å². The van der Waals surface area contributed by atoms with Crippen LogP contribution in [-0.4, -0.2) is 35.1 Å². The molecule has 6 nitrogen and oxygen atoms in total. The number of hydrogen-bond acceptors (Lipinski definition) is 4. The molecule has 0 spiro atoms. The second-order valence-corrected chi connectivity index (χ2v) is 2.28. The quantitative estimate of drug-likeness (QED) is 0.490. The molecule has 0 aliphatic rings.